The van der Waals surface area contributed by atoms with Crippen molar-refractivity contribution in [3.05, 3.63) is 65.2 Å². The summed E-state index contributed by atoms with van der Waals surface area (Å²) in [7, 11) is 0. The van der Waals surface area contributed by atoms with E-state index in [4.69, 9.17) is 4.74 Å². The molecule has 2 nitrogen and oxygen atoms in total. The van der Waals surface area contributed by atoms with Gasteiger partial charge in [0.1, 0.15) is 12.4 Å². The maximum atomic E-state index is 6.07. The van der Waals surface area contributed by atoms with Gasteiger partial charge in [-0.3, -0.25) is 0 Å². The van der Waals surface area contributed by atoms with E-state index in [0.29, 0.717) is 12.6 Å². The minimum absolute atomic E-state index is 0.304. The van der Waals surface area contributed by atoms with Crippen molar-refractivity contribution in [3.8, 4) is 5.75 Å². The highest BCUT2D eigenvalue weighted by atomic mass is 16.5. The molecule has 0 aliphatic heterocycles. The second-order valence-corrected chi connectivity index (χ2v) is 5.43. The first kappa shape index (κ1) is 15.6. The molecule has 2 aromatic rings. The van der Waals surface area contributed by atoms with Gasteiger partial charge >= 0.3 is 0 Å². The van der Waals surface area contributed by atoms with Crippen molar-refractivity contribution in [1.82, 2.24) is 5.32 Å². The zero-order valence-corrected chi connectivity index (χ0v) is 13.2. The van der Waals surface area contributed by atoms with Gasteiger partial charge in [0.15, 0.2) is 0 Å². The van der Waals surface area contributed by atoms with Gasteiger partial charge in [0, 0.05) is 11.6 Å². The Hall–Kier alpha value is -1.80. The zero-order valence-electron chi connectivity index (χ0n) is 13.2. The molecule has 1 N–H and O–H groups in total. The molecule has 21 heavy (non-hydrogen) atoms. The van der Waals surface area contributed by atoms with Crippen LogP contribution in [0.5, 0.6) is 5.75 Å². The van der Waals surface area contributed by atoms with Crippen LogP contribution < -0.4 is 10.1 Å². The molecule has 0 saturated heterocycles. The number of para-hydroxylation sites is 1. The number of nitrogens with one attached hydrogen (secondary N) is 1. The molecule has 0 fully saturated rings. The predicted octanol–water partition coefficient (Wildman–Crippen LogP) is 4.63. The van der Waals surface area contributed by atoms with E-state index in [1.54, 1.807) is 0 Å². The topological polar surface area (TPSA) is 21.3 Å². The Bertz CT molecular complexity index is 565. The van der Waals surface area contributed by atoms with Crippen molar-refractivity contribution in [2.75, 3.05) is 6.54 Å². The van der Waals surface area contributed by atoms with Crippen molar-refractivity contribution in [2.45, 2.75) is 39.8 Å². The Kier molecular flexibility index (Phi) is 5.82. The lowest BCUT2D eigenvalue weighted by Crippen LogP contribution is -2.20. The highest BCUT2D eigenvalue weighted by molar-refractivity contribution is 5.36. The van der Waals surface area contributed by atoms with Gasteiger partial charge in [0.05, 0.1) is 0 Å². The van der Waals surface area contributed by atoms with E-state index >= 15 is 0 Å². The Morgan fingerprint density at radius 2 is 1.76 bits per heavy atom. The molecule has 2 aromatic carbocycles. The monoisotopic (exact) mass is 283 g/mol. The van der Waals surface area contributed by atoms with E-state index in [1.165, 1.54) is 16.7 Å². The summed E-state index contributed by atoms with van der Waals surface area (Å²) in [4.78, 5) is 0. The molecule has 1 unspecified atom stereocenters. The molecule has 2 heteroatoms. The van der Waals surface area contributed by atoms with Crippen LogP contribution in [0.4, 0.5) is 0 Å². The highest BCUT2D eigenvalue weighted by Crippen LogP contribution is 2.26. The second kappa shape index (κ2) is 7.84. The zero-order chi connectivity index (χ0) is 15.1. The summed E-state index contributed by atoms with van der Waals surface area (Å²) in [6.45, 7) is 8.12. The lowest BCUT2D eigenvalue weighted by Gasteiger charge is -2.18. The fraction of sp³-hybridized carbons (Fsp3) is 0.368. The summed E-state index contributed by atoms with van der Waals surface area (Å²) < 4.78 is 6.07. The minimum Gasteiger partial charge on any atom is -0.489 e. The van der Waals surface area contributed by atoms with Crippen LogP contribution in [0.25, 0.3) is 0 Å². The van der Waals surface area contributed by atoms with E-state index in [0.717, 1.165) is 18.7 Å². The van der Waals surface area contributed by atoms with Gasteiger partial charge in [-0.25, -0.2) is 0 Å². The smallest absolute Gasteiger partial charge is 0.124 e. The molecule has 1 atom stereocenters. The number of hydrogen-bond donors (Lipinski definition) is 1. The third kappa shape index (κ3) is 4.33. The molecule has 0 heterocycles. The molecule has 0 saturated carbocycles. The minimum atomic E-state index is 0.304. The molecule has 0 amide bonds. The van der Waals surface area contributed by atoms with E-state index in [2.05, 4.69) is 68.6 Å². The first-order chi connectivity index (χ1) is 10.2. The number of hydrogen-bond acceptors (Lipinski definition) is 2. The van der Waals surface area contributed by atoms with Crippen LogP contribution >= 0.6 is 0 Å². The standard InChI is InChI=1S/C19H25NO/c1-4-13-20-16(3)18-11-7-8-12-19(18)21-14-17-10-6-5-9-15(17)2/h5-12,16,20H,4,13-14H2,1-3H3. The van der Waals surface area contributed by atoms with Gasteiger partial charge in [-0.1, -0.05) is 49.4 Å². The molecule has 0 bridgehead atoms. The van der Waals surface area contributed by atoms with Crippen LogP contribution in [-0.2, 0) is 6.61 Å². The maximum absolute atomic E-state index is 6.07. The molecule has 2 rings (SSSR count). The fourth-order valence-corrected chi connectivity index (χ4v) is 2.37. The van der Waals surface area contributed by atoms with Gasteiger partial charge < -0.3 is 10.1 Å². The lowest BCUT2D eigenvalue weighted by molar-refractivity contribution is 0.299. The average molecular weight is 283 g/mol. The first-order valence-corrected chi connectivity index (χ1v) is 7.72. The van der Waals surface area contributed by atoms with Gasteiger partial charge in [0.2, 0.25) is 0 Å². The van der Waals surface area contributed by atoms with Crippen LogP contribution in [-0.4, -0.2) is 6.54 Å². The second-order valence-electron chi connectivity index (χ2n) is 5.43. The average Bonchev–Trinajstić information content (AvgIpc) is 2.52. The fourth-order valence-electron chi connectivity index (χ4n) is 2.37. The van der Waals surface area contributed by atoms with Gasteiger partial charge in [-0.2, -0.15) is 0 Å². The van der Waals surface area contributed by atoms with Crippen LogP contribution in [0, 0.1) is 6.92 Å². The van der Waals surface area contributed by atoms with Crippen LogP contribution in [0.2, 0.25) is 0 Å². The molecule has 0 aliphatic carbocycles. The summed E-state index contributed by atoms with van der Waals surface area (Å²) >= 11 is 0. The van der Waals surface area contributed by atoms with Crippen molar-refractivity contribution < 1.29 is 4.74 Å². The van der Waals surface area contributed by atoms with Crippen LogP contribution in [0.1, 0.15) is 43.0 Å². The quantitative estimate of drug-likeness (QED) is 0.799. The Labute approximate surface area is 128 Å². The normalized spacial score (nSPS) is 12.1. The SMILES string of the molecule is CCCNC(C)c1ccccc1OCc1ccccc1C. The highest BCUT2D eigenvalue weighted by Gasteiger charge is 2.10. The molecule has 0 aliphatic rings. The Morgan fingerprint density at radius 1 is 1.05 bits per heavy atom. The third-order valence-corrected chi connectivity index (χ3v) is 3.73. The molecule has 0 aromatic heterocycles. The largest absolute Gasteiger partial charge is 0.489 e. The number of aryl methyl sites for hydroxylation is 1. The number of rotatable bonds is 7. The predicted molar refractivity (Wildman–Crippen MR) is 88.7 cm³/mol. The molecular weight excluding hydrogens is 258 g/mol. The van der Waals surface area contributed by atoms with Crippen LogP contribution in [0.15, 0.2) is 48.5 Å². The van der Waals surface area contributed by atoms with Gasteiger partial charge in [0.25, 0.3) is 0 Å². The van der Waals surface area contributed by atoms with Gasteiger partial charge in [-0.05, 0) is 44.0 Å². The van der Waals surface area contributed by atoms with Crippen molar-refractivity contribution in [2.24, 2.45) is 0 Å². The molecule has 112 valence electrons. The summed E-state index contributed by atoms with van der Waals surface area (Å²) in [5, 5.41) is 3.52. The lowest BCUT2D eigenvalue weighted by atomic mass is 10.1. The van der Waals surface area contributed by atoms with Crippen LogP contribution in [0.3, 0.4) is 0 Å². The first-order valence-electron chi connectivity index (χ1n) is 7.72. The summed E-state index contributed by atoms with van der Waals surface area (Å²) in [5.41, 5.74) is 3.73. The van der Waals surface area contributed by atoms with E-state index in [1.807, 2.05) is 6.07 Å². The van der Waals surface area contributed by atoms with E-state index in [-0.39, 0.29) is 0 Å². The van der Waals surface area contributed by atoms with Crippen molar-refractivity contribution in [3.63, 3.8) is 0 Å². The third-order valence-electron chi connectivity index (χ3n) is 3.73. The van der Waals surface area contributed by atoms with E-state index in [9.17, 15) is 0 Å². The Morgan fingerprint density at radius 3 is 2.52 bits per heavy atom. The molecule has 0 radical (unpaired) electrons. The van der Waals surface area contributed by atoms with Crippen molar-refractivity contribution >= 4 is 0 Å². The number of benzene rings is 2. The summed E-state index contributed by atoms with van der Waals surface area (Å²) in [6.07, 6.45) is 1.14. The van der Waals surface area contributed by atoms with Crippen molar-refractivity contribution in [1.29, 1.82) is 0 Å². The van der Waals surface area contributed by atoms with Gasteiger partial charge in [-0.15, -0.1) is 0 Å². The molecule has 0 spiro atoms. The van der Waals surface area contributed by atoms with E-state index < -0.39 is 0 Å². The summed E-state index contributed by atoms with van der Waals surface area (Å²) in [6, 6.07) is 17.0. The summed E-state index contributed by atoms with van der Waals surface area (Å²) in [5.74, 6) is 0.969. The molecular formula is C19H25NO. The maximum Gasteiger partial charge on any atom is 0.124 e. The Balaban J connectivity index is 2.08. The number of ether oxygens (including phenoxy) is 1.